The van der Waals surface area contributed by atoms with Gasteiger partial charge in [-0.3, -0.25) is 0 Å². The number of rotatable bonds is 2. The Morgan fingerprint density at radius 2 is 2.24 bits per heavy atom. The molecule has 0 aliphatic heterocycles. The molecular formula is C15H16FN. The number of nitrogens with two attached hydrogens (primary N) is 1. The van der Waals surface area contributed by atoms with E-state index in [1.54, 1.807) is 6.07 Å². The molecule has 1 atom stereocenters. The molecule has 1 aromatic carbocycles. The van der Waals surface area contributed by atoms with Crippen molar-refractivity contribution in [2.24, 2.45) is 0 Å². The van der Waals surface area contributed by atoms with Gasteiger partial charge in [0.2, 0.25) is 0 Å². The van der Waals surface area contributed by atoms with Crippen molar-refractivity contribution in [2.75, 3.05) is 5.73 Å². The summed E-state index contributed by atoms with van der Waals surface area (Å²) < 4.78 is 13.8. The van der Waals surface area contributed by atoms with Gasteiger partial charge in [0.05, 0.1) is 0 Å². The predicted octanol–water partition coefficient (Wildman–Crippen LogP) is 3.93. The molecule has 2 aliphatic rings. The molecule has 88 valence electrons. The molecule has 0 heterocycles. The lowest BCUT2D eigenvalue weighted by molar-refractivity contribution is 0.610. The zero-order valence-electron chi connectivity index (χ0n) is 9.96. The Kier molecular flexibility index (Phi) is 2.32. The summed E-state index contributed by atoms with van der Waals surface area (Å²) in [6.45, 7) is 2.15. The van der Waals surface area contributed by atoms with Gasteiger partial charge in [0.1, 0.15) is 5.82 Å². The standard InChI is InChI=1S/C15H16FN/c1-2-3-9-4-6-12-14(9)15(12)11-7-5-10(17)8-13(11)16/h3,5,7-8,15H,2,4,6,17H2,1H3/b9-3-. The van der Waals surface area contributed by atoms with Gasteiger partial charge in [0.25, 0.3) is 0 Å². The molecule has 0 fully saturated rings. The van der Waals surface area contributed by atoms with E-state index in [0.29, 0.717) is 5.69 Å². The summed E-state index contributed by atoms with van der Waals surface area (Å²) in [5.41, 5.74) is 11.1. The summed E-state index contributed by atoms with van der Waals surface area (Å²) in [7, 11) is 0. The predicted molar refractivity (Wildman–Crippen MR) is 68.2 cm³/mol. The van der Waals surface area contributed by atoms with Crippen LogP contribution in [0.4, 0.5) is 10.1 Å². The van der Waals surface area contributed by atoms with E-state index in [4.69, 9.17) is 5.73 Å². The number of halogens is 1. The van der Waals surface area contributed by atoms with E-state index in [2.05, 4.69) is 13.0 Å². The molecule has 0 bridgehead atoms. The minimum Gasteiger partial charge on any atom is -0.399 e. The molecule has 0 saturated heterocycles. The highest BCUT2D eigenvalue weighted by Gasteiger charge is 2.44. The number of hydrogen-bond donors (Lipinski definition) is 1. The summed E-state index contributed by atoms with van der Waals surface area (Å²) >= 11 is 0. The van der Waals surface area contributed by atoms with Crippen LogP contribution < -0.4 is 5.73 Å². The van der Waals surface area contributed by atoms with Crippen molar-refractivity contribution in [3.05, 3.63) is 52.4 Å². The molecule has 0 aromatic heterocycles. The van der Waals surface area contributed by atoms with Crippen LogP contribution in [-0.2, 0) is 0 Å². The number of allylic oxidation sites excluding steroid dienone is 4. The highest BCUT2D eigenvalue weighted by atomic mass is 19.1. The Bertz CT molecular complexity index is 540. The van der Waals surface area contributed by atoms with Crippen molar-refractivity contribution in [1.82, 2.24) is 0 Å². The first-order chi connectivity index (χ1) is 8.22. The van der Waals surface area contributed by atoms with Gasteiger partial charge in [-0.25, -0.2) is 4.39 Å². The molecule has 17 heavy (non-hydrogen) atoms. The molecule has 0 amide bonds. The van der Waals surface area contributed by atoms with Gasteiger partial charge in [-0.1, -0.05) is 24.6 Å². The van der Waals surface area contributed by atoms with Crippen molar-refractivity contribution < 1.29 is 4.39 Å². The third-order valence-electron chi connectivity index (χ3n) is 3.70. The summed E-state index contributed by atoms with van der Waals surface area (Å²) in [5.74, 6) is 0.0856. The first kappa shape index (κ1) is 10.6. The molecule has 1 unspecified atom stereocenters. The number of benzene rings is 1. The highest BCUT2D eigenvalue weighted by Crippen LogP contribution is 2.60. The van der Waals surface area contributed by atoms with Crippen LogP contribution in [0.15, 0.2) is 41.0 Å². The van der Waals surface area contributed by atoms with Crippen LogP contribution in [0.5, 0.6) is 0 Å². The van der Waals surface area contributed by atoms with Crippen LogP contribution in [-0.4, -0.2) is 0 Å². The Hall–Kier alpha value is -1.57. The molecule has 0 radical (unpaired) electrons. The van der Waals surface area contributed by atoms with Gasteiger partial charge in [0, 0.05) is 11.6 Å². The minimum absolute atomic E-state index is 0.166. The summed E-state index contributed by atoms with van der Waals surface area (Å²) in [6.07, 6.45) is 5.59. The van der Waals surface area contributed by atoms with Crippen LogP contribution in [0.3, 0.4) is 0 Å². The van der Waals surface area contributed by atoms with E-state index in [1.807, 2.05) is 6.07 Å². The normalized spacial score (nSPS) is 24.4. The first-order valence-electron chi connectivity index (χ1n) is 6.19. The SMILES string of the molecule is CC/C=C1/CCC2=C1C2c1ccc(N)cc1F. The third kappa shape index (κ3) is 1.59. The second-order valence-electron chi connectivity index (χ2n) is 4.79. The van der Waals surface area contributed by atoms with Crippen LogP contribution in [0.25, 0.3) is 0 Å². The molecular weight excluding hydrogens is 213 g/mol. The largest absolute Gasteiger partial charge is 0.399 e. The third-order valence-corrected chi connectivity index (χ3v) is 3.70. The maximum Gasteiger partial charge on any atom is 0.129 e. The van der Waals surface area contributed by atoms with E-state index in [1.165, 1.54) is 22.8 Å². The Morgan fingerprint density at radius 1 is 1.41 bits per heavy atom. The van der Waals surface area contributed by atoms with Crippen molar-refractivity contribution >= 4 is 5.69 Å². The fourth-order valence-corrected chi connectivity index (χ4v) is 2.92. The number of hydrogen-bond acceptors (Lipinski definition) is 1. The first-order valence-corrected chi connectivity index (χ1v) is 6.19. The Labute approximate surface area is 101 Å². The number of nitrogen functional groups attached to an aromatic ring is 1. The summed E-state index contributed by atoms with van der Waals surface area (Å²) in [5, 5.41) is 0. The lowest BCUT2D eigenvalue weighted by Crippen LogP contribution is -1.97. The van der Waals surface area contributed by atoms with Gasteiger partial charge in [0.15, 0.2) is 0 Å². The molecule has 2 heteroatoms. The van der Waals surface area contributed by atoms with Crippen molar-refractivity contribution in [2.45, 2.75) is 32.1 Å². The molecule has 0 saturated carbocycles. The minimum atomic E-state index is -0.166. The summed E-state index contributed by atoms with van der Waals surface area (Å²) in [4.78, 5) is 0. The van der Waals surface area contributed by atoms with Crippen LogP contribution >= 0.6 is 0 Å². The fourth-order valence-electron chi connectivity index (χ4n) is 2.92. The Morgan fingerprint density at radius 3 is 2.94 bits per heavy atom. The average Bonchev–Trinajstić information content (AvgIpc) is 2.84. The maximum absolute atomic E-state index is 13.8. The molecule has 3 rings (SSSR count). The molecule has 0 spiro atoms. The van der Waals surface area contributed by atoms with E-state index < -0.39 is 0 Å². The second kappa shape index (κ2) is 3.73. The fraction of sp³-hybridized carbons (Fsp3) is 0.333. The highest BCUT2D eigenvalue weighted by molar-refractivity contribution is 5.67. The lowest BCUT2D eigenvalue weighted by Gasteiger charge is -2.10. The number of anilines is 1. The van der Waals surface area contributed by atoms with Crippen molar-refractivity contribution in [1.29, 1.82) is 0 Å². The Balaban J connectivity index is 1.89. The lowest BCUT2D eigenvalue weighted by atomic mass is 9.95. The van der Waals surface area contributed by atoms with E-state index in [9.17, 15) is 4.39 Å². The zero-order valence-corrected chi connectivity index (χ0v) is 9.96. The van der Waals surface area contributed by atoms with Crippen molar-refractivity contribution in [3.8, 4) is 0 Å². The van der Waals surface area contributed by atoms with Crippen molar-refractivity contribution in [3.63, 3.8) is 0 Å². The summed E-state index contributed by atoms with van der Waals surface area (Å²) in [6, 6.07) is 5.04. The quantitative estimate of drug-likeness (QED) is 0.764. The van der Waals surface area contributed by atoms with Gasteiger partial charge in [-0.2, -0.15) is 0 Å². The second-order valence-corrected chi connectivity index (χ2v) is 4.79. The molecule has 1 nitrogen and oxygen atoms in total. The van der Waals surface area contributed by atoms with Gasteiger partial charge in [-0.15, -0.1) is 0 Å². The maximum atomic E-state index is 13.8. The van der Waals surface area contributed by atoms with Gasteiger partial charge < -0.3 is 5.73 Å². The van der Waals surface area contributed by atoms with Crippen LogP contribution in [0.2, 0.25) is 0 Å². The van der Waals surface area contributed by atoms with Gasteiger partial charge in [-0.05, 0) is 48.1 Å². The zero-order chi connectivity index (χ0) is 12.0. The average molecular weight is 229 g/mol. The van der Waals surface area contributed by atoms with Crippen LogP contribution in [0, 0.1) is 5.82 Å². The molecule has 1 aromatic rings. The smallest absolute Gasteiger partial charge is 0.129 e. The van der Waals surface area contributed by atoms with Crippen LogP contribution in [0.1, 0.15) is 37.7 Å². The monoisotopic (exact) mass is 229 g/mol. The molecule has 2 aliphatic carbocycles. The molecule has 2 N–H and O–H groups in total. The van der Waals surface area contributed by atoms with E-state index in [-0.39, 0.29) is 11.7 Å². The topological polar surface area (TPSA) is 26.0 Å². The van der Waals surface area contributed by atoms with E-state index >= 15 is 0 Å². The van der Waals surface area contributed by atoms with Gasteiger partial charge >= 0.3 is 0 Å². The van der Waals surface area contributed by atoms with E-state index in [0.717, 1.165) is 24.8 Å².